The van der Waals surface area contributed by atoms with E-state index in [1.165, 1.54) is 35.8 Å². The summed E-state index contributed by atoms with van der Waals surface area (Å²) in [6.07, 6.45) is 5.63. The number of guanidine groups is 1. The van der Waals surface area contributed by atoms with Crippen molar-refractivity contribution in [3.05, 3.63) is 35.2 Å². The van der Waals surface area contributed by atoms with Crippen LogP contribution < -0.4 is 10.6 Å². The van der Waals surface area contributed by atoms with Gasteiger partial charge in [0.1, 0.15) is 6.10 Å². The summed E-state index contributed by atoms with van der Waals surface area (Å²) in [6, 6.07) is 10.3. The van der Waals surface area contributed by atoms with Crippen LogP contribution >= 0.6 is 35.3 Å². The molecule has 5 nitrogen and oxygen atoms in total. The van der Waals surface area contributed by atoms with Crippen molar-refractivity contribution in [3.8, 4) is 0 Å². The van der Waals surface area contributed by atoms with Crippen LogP contribution in [0.3, 0.4) is 0 Å². The van der Waals surface area contributed by atoms with Crippen LogP contribution in [0.1, 0.15) is 50.0 Å². The first-order valence-electron chi connectivity index (χ1n) is 10.3. The lowest BCUT2D eigenvalue weighted by Crippen LogP contribution is -2.44. The van der Waals surface area contributed by atoms with E-state index in [4.69, 9.17) is 4.74 Å². The van der Waals surface area contributed by atoms with Gasteiger partial charge in [-0.25, -0.2) is 0 Å². The number of aliphatic imine (C=N–C) groups is 1. The maximum absolute atomic E-state index is 10.6. The number of aliphatic hydroxyl groups is 1. The standard InChI is InChI=1S/C22H33N3O2S.HI/c1-3-27-13-12-22(10-6-7-11-22)16-25-21(23-2)24-15-18(26)20-14-17-8-4-5-9-19(17)28-20;/h4-5,8-9,14,18,26H,3,6-7,10-13,15-16H2,1-2H3,(H2,23,24,25);1H. The molecule has 0 bridgehead atoms. The molecule has 0 aliphatic heterocycles. The molecule has 1 aromatic carbocycles. The summed E-state index contributed by atoms with van der Waals surface area (Å²) in [4.78, 5) is 5.32. The molecule has 0 amide bonds. The van der Waals surface area contributed by atoms with Gasteiger partial charge in [-0.2, -0.15) is 0 Å². The molecule has 2 aromatic rings. The minimum absolute atomic E-state index is 0. The lowest BCUT2D eigenvalue weighted by Gasteiger charge is -2.30. The maximum atomic E-state index is 10.6. The molecular weight excluding hydrogens is 497 g/mol. The van der Waals surface area contributed by atoms with Gasteiger partial charge in [0, 0.05) is 42.9 Å². The average Bonchev–Trinajstić information content (AvgIpc) is 3.35. The second kappa shape index (κ2) is 12.1. The van der Waals surface area contributed by atoms with Crippen molar-refractivity contribution in [2.75, 3.05) is 33.4 Å². The average molecular weight is 532 g/mol. The summed E-state index contributed by atoms with van der Waals surface area (Å²) in [5.41, 5.74) is 0.302. The fraction of sp³-hybridized carbons (Fsp3) is 0.591. The third-order valence-corrected chi connectivity index (χ3v) is 6.95. The summed E-state index contributed by atoms with van der Waals surface area (Å²) >= 11 is 1.64. The number of halogens is 1. The Kier molecular flexibility index (Phi) is 10.1. The van der Waals surface area contributed by atoms with Gasteiger partial charge in [0.15, 0.2) is 5.96 Å². The van der Waals surface area contributed by atoms with Crippen molar-refractivity contribution < 1.29 is 9.84 Å². The fourth-order valence-electron chi connectivity index (χ4n) is 4.03. The summed E-state index contributed by atoms with van der Waals surface area (Å²) in [5, 5.41) is 18.5. The van der Waals surface area contributed by atoms with Gasteiger partial charge in [0.2, 0.25) is 0 Å². The minimum atomic E-state index is -0.547. The van der Waals surface area contributed by atoms with Gasteiger partial charge in [-0.05, 0) is 49.1 Å². The van der Waals surface area contributed by atoms with Crippen LogP contribution in [-0.2, 0) is 4.74 Å². The third kappa shape index (κ3) is 6.80. The van der Waals surface area contributed by atoms with Crippen molar-refractivity contribution in [3.63, 3.8) is 0 Å². The quantitative estimate of drug-likeness (QED) is 0.190. The monoisotopic (exact) mass is 531 g/mol. The number of nitrogens with one attached hydrogen (secondary N) is 2. The summed E-state index contributed by atoms with van der Waals surface area (Å²) in [5.74, 6) is 0.753. The number of hydrogen-bond donors (Lipinski definition) is 3. The van der Waals surface area contributed by atoms with Gasteiger partial charge in [0.05, 0.1) is 0 Å². The SMILES string of the molecule is CCOCCC1(CNC(=NC)NCC(O)c2cc3ccccc3s2)CCCC1.I. The predicted octanol–water partition coefficient (Wildman–Crippen LogP) is 4.70. The molecule has 0 saturated heterocycles. The Labute approximate surface area is 195 Å². The van der Waals surface area contributed by atoms with Crippen molar-refractivity contribution in [2.45, 2.75) is 45.1 Å². The molecule has 1 fully saturated rings. The Hall–Kier alpha value is -0.900. The Morgan fingerprint density at radius 1 is 1.28 bits per heavy atom. The Morgan fingerprint density at radius 2 is 2.03 bits per heavy atom. The van der Waals surface area contributed by atoms with E-state index in [1.807, 2.05) is 19.1 Å². The van der Waals surface area contributed by atoms with E-state index >= 15 is 0 Å². The smallest absolute Gasteiger partial charge is 0.191 e. The van der Waals surface area contributed by atoms with Crippen LogP contribution in [0, 0.1) is 5.41 Å². The number of fused-ring (bicyclic) bond motifs is 1. The highest BCUT2D eigenvalue weighted by molar-refractivity contribution is 14.0. The van der Waals surface area contributed by atoms with E-state index in [-0.39, 0.29) is 24.0 Å². The number of aliphatic hydroxyl groups excluding tert-OH is 1. The number of benzene rings is 1. The molecule has 1 aromatic heterocycles. The molecule has 29 heavy (non-hydrogen) atoms. The second-order valence-corrected chi connectivity index (χ2v) is 8.78. The van der Waals surface area contributed by atoms with Crippen molar-refractivity contribution in [1.82, 2.24) is 10.6 Å². The first kappa shape index (κ1) is 24.4. The minimum Gasteiger partial charge on any atom is -0.386 e. The number of hydrogen-bond acceptors (Lipinski definition) is 4. The van der Waals surface area contributed by atoms with E-state index in [1.54, 1.807) is 18.4 Å². The summed E-state index contributed by atoms with van der Waals surface area (Å²) < 4.78 is 6.81. The van der Waals surface area contributed by atoms with Crippen molar-refractivity contribution >= 4 is 51.4 Å². The zero-order valence-electron chi connectivity index (χ0n) is 17.4. The van der Waals surface area contributed by atoms with Crippen LogP contribution in [0.25, 0.3) is 10.1 Å². The number of thiophene rings is 1. The van der Waals surface area contributed by atoms with E-state index < -0.39 is 6.10 Å². The Balaban J connectivity index is 0.00000300. The number of rotatable bonds is 9. The van der Waals surface area contributed by atoms with Crippen molar-refractivity contribution in [1.29, 1.82) is 0 Å². The molecular formula is C22H34IN3O2S. The van der Waals surface area contributed by atoms with Crippen LogP contribution in [0.5, 0.6) is 0 Å². The molecule has 7 heteroatoms. The van der Waals surface area contributed by atoms with E-state index in [9.17, 15) is 5.11 Å². The highest BCUT2D eigenvalue weighted by Crippen LogP contribution is 2.40. The summed E-state index contributed by atoms with van der Waals surface area (Å²) in [6.45, 7) is 5.00. The van der Waals surface area contributed by atoms with Crippen LogP contribution in [0.2, 0.25) is 0 Å². The molecule has 1 aliphatic carbocycles. The second-order valence-electron chi connectivity index (χ2n) is 7.66. The van der Waals surface area contributed by atoms with Crippen molar-refractivity contribution in [2.24, 2.45) is 10.4 Å². The predicted molar refractivity (Wildman–Crippen MR) is 134 cm³/mol. The Morgan fingerprint density at radius 3 is 2.72 bits per heavy atom. The van der Waals surface area contributed by atoms with Gasteiger partial charge in [0.25, 0.3) is 0 Å². The highest BCUT2D eigenvalue weighted by Gasteiger charge is 2.33. The zero-order chi connectivity index (χ0) is 19.8. The van der Waals surface area contributed by atoms with E-state index in [0.717, 1.165) is 37.0 Å². The normalized spacial score (nSPS) is 17.1. The van der Waals surface area contributed by atoms with E-state index in [0.29, 0.717) is 12.0 Å². The fourth-order valence-corrected chi connectivity index (χ4v) is 5.08. The van der Waals surface area contributed by atoms with Crippen LogP contribution in [0.15, 0.2) is 35.3 Å². The molecule has 162 valence electrons. The summed E-state index contributed by atoms with van der Waals surface area (Å²) in [7, 11) is 1.78. The highest BCUT2D eigenvalue weighted by atomic mass is 127. The number of ether oxygens (including phenoxy) is 1. The molecule has 1 unspecified atom stereocenters. The molecule has 1 aliphatic rings. The van der Waals surface area contributed by atoms with Gasteiger partial charge in [-0.3, -0.25) is 4.99 Å². The van der Waals surface area contributed by atoms with E-state index in [2.05, 4.69) is 33.8 Å². The lowest BCUT2D eigenvalue weighted by molar-refractivity contribution is 0.105. The molecule has 1 heterocycles. The van der Waals surface area contributed by atoms with Crippen LogP contribution in [0.4, 0.5) is 0 Å². The molecule has 3 N–H and O–H groups in total. The Bertz CT molecular complexity index is 741. The largest absolute Gasteiger partial charge is 0.386 e. The lowest BCUT2D eigenvalue weighted by atomic mass is 9.83. The van der Waals surface area contributed by atoms with Gasteiger partial charge in [-0.15, -0.1) is 35.3 Å². The molecule has 3 rings (SSSR count). The maximum Gasteiger partial charge on any atom is 0.191 e. The first-order valence-corrected chi connectivity index (χ1v) is 11.2. The number of nitrogens with zero attached hydrogens (tertiary/aromatic N) is 1. The topological polar surface area (TPSA) is 65.9 Å². The molecule has 0 spiro atoms. The third-order valence-electron chi connectivity index (χ3n) is 5.74. The van der Waals surface area contributed by atoms with Crippen LogP contribution in [-0.4, -0.2) is 44.4 Å². The first-order chi connectivity index (χ1) is 13.7. The molecule has 1 atom stereocenters. The van der Waals surface area contributed by atoms with Gasteiger partial charge >= 0.3 is 0 Å². The molecule has 1 saturated carbocycles. The van der Waals surface area contributed by atoms with Gasteiger partial charge < -0.3 is 20.5 Å². The molecule has 0 radical (unpaired) electrons. The zero-order valence-corrected chi connectivity index (χ0v) is 20.6. The van der Waals surface area contributed by atoms with Gasteiger partial charge in [-0.1, -0.05) is 31.0 Å².